The lowest BCUT2D eigenvalue weighted by molar-refractivity contribution is -0.119. The lowest BCUT2D eigenvalue weighted by atomic mass is 9.94. The maximum absolute atomic E-state index is 11.9. The number of nitrogens with zero attached hydrogens (tertiary/aromatic N) is 2. The van der Waals surface area contributed by atoms with Gasteiger partial charge in [-0.05, 0) is 31.7 Å². The van der Waals surface area contributed by atoms with Crippen molar-refractivity contribution in [3.63, 3.8) is 0 Å². The Hall–Kier alpha value is -0.900. The number of piperazine rings is 1. The van der Waals surface area contributed by atoms with Crippen LogP contribution in [0.25, 0.3) is 0 Å². The van der Waals surface area contributed by atoms with Crippen LogP contribution in [-0.4, -0.2) is 55.4 Å². The van der Waals surface area contributed by atoms with Crippen LogP contribution >= 0.6 is 11.6 Å². The fourth-order valence-corrected chi connectivity index (χ4v) is 2.58. The molecule has 0 N–H and O–H groups in total. The van der Waals surface area contributed by atoms with Crippen LogP contribution in [-0.2, 0) is 4.79 Å². The molecule has 1 aliphatic rings. The number of carbonyl (C=O) groups excluding carboxylic acids is 1. The van der Waals surface area contributed by atoms with E-state index in [9.17, 15) is 4.79 Å². The molecule has 1 aromatic rings. The van der Waals surface area contributed by atoms with Gasteiger partial charge in [-0.3, -0.25) is 9.69 Å². The van der Waals surface area contributed by atoms with E-state index in [0.29, 0.717) is 5.02 Å². The third kappa shape index (κ3) is 4.03. The zero-order valence-electron chi connectivity index (χ0n) is 11.6. The second-order valence-electron chi connectivity index (χ2n) is 5.32. The van der Waals surface area contributed by atoms with E-state index in [1.807, 2.05) is 24.3 Å². The van der Waals surface area contributed by atoms with Gasteiger partial charge in [-0.25, -0.2) is 0 Å². The van der Waals surface area contributed by atoms with Crippen LogP contribution in [0, 0.1) is 0 Å². The smallest absolute Gasteiger partial charge is 0.138 e. The first-order valence-corrected chi connectivity index (χ1v) is 7.11. The summed E-state index contributed by atoms with van der Waals surface area (Å²) in [6.07, 6.45) is 0. The topological polar surface area (TPSA) is 23.6 Å². The predicted molar refractivity (Wildman–Crippen MR) is 78.8 cm³/mol. The van der Waals surface area contributed by atoms with Gasteiger partial charge >= 0.3 is 0 Å². The number of ketones is 1. The van der Waals surface area contributed by atoms with Gasteiger partial charge in [0.15, 0.2) is 0 Å². The van der Waals surface area contributed by atoms with E-state index in [0.717, 1.165) is 38.3 Å². The highest BCUT2D eigenvalue weighted by Crippen LogP contribution is 2.21. The van der Waals surface area contributed by atoms with Crippen molar-refractivity contribution in [2.45, 2.75) is 12.8 Å². The number of hydrogen-bond donors (Lipinski definition) is 0. The molecule has 4 heteroatoms. The van der Waals surface area contributed by atoms with Crippen molar-refractivity contribution in [3.8, 4) is 0 Å². The Bertz CT molecular complexity index is 424. The van der Waals surface area contributed by atoms with Crippen molar-refractivity contribution < 1.29 is 4.79 Å². The molecule has 3 nitrogen and oxygen atoms in total. The summed E-state index contributed by atoms with van der Waals surface area (Å²) in [5, 5.41) is 0.714. The van der Waals surface area contributed by atoms with Crippen molar-refractivity contribution >= 4 is 17.4 Å². The first-order valence-electron chi connectivity index (χ1n) is 6.73. The molecule has 0 saturated carbocycles. The van der Waals surface area contributed by atoms with Crippen LogP contribution in [0.3, 0.4) is 0 Å². The first-order chi connectivity index (χ1) is 9.06. The van der Waals surface area contributed by atoms with Gasteiger partial charge in [-0.15, -0.1) is 0 Å². The number of hydrogen-bond acceptors (Lipinski definition) is 3. The summed E-state index contributed by atoms with van der Waals surface area (Å²) < 4.78 is 0. The molecule has 0 spiro atoms. The summed E-state index contributed by atoms with van der Waals surface area (Å²) in [4.78, 5) is 16.6. The molecule has 19 heavy (non-hydrogen) atoms. The number of rotatable bonds is 4. The van der Waals surface area contributed by atoms with E-state index in [-0.39, 0.29) is 11.7 Å². The molecule has 0 amide bonds. The number of halogens is 1. The molecule has 1 fully saturated rings. The van der Waals surface area contributed by atoms with Crippen LogP contribution in [0.1, 0.15) is 18.4 Å². The number of Topliss-reactive ketones (excluding diaryl/α,β-unsaturated/α-hetero) is 1. The monoisotopic (exact) mass is 280 g/mol. The van der Waals surface area contributed by atoms with Gasteiger partial charge in [0.05, 0.1) is 5.92 Å². The van der Waals surface area contributed by atoms with Gasteiger partial charge in [0.25, 0.3) is 0 Å². The number of benzene rings is 1. The fraction of sp³-hybridized carbons (Fsp3) is 0.533. The quantitative estimate of drug-likeness (QED) is 0.845. The zero-order chi connectivity index (χ0) is 13.8. The molecule has 1 aliphatic heterocycles. The minimum absolute atomic E-state index is 0.0410. The van der Waals surface area contributed by atoms with Gasteiger partial charge in [-0.2, -0.15) is 0 Å². The summed E-state index contributed by atoms with van der Waals surface area (Å²) in [5.41, 5.74) is 1.07. The molecule has 2 rings (SSSR count). The standard InChI is InChI=1S/C15H21ClN2O/c1-12(19)15(13-3-5-14(16)6-4-13)11-18-9-7-17(2)8-10-18/h3-6,15H,7-11H2,1-2H3. The van der Waals surface area contributed by atoms with Crippen molar-refractivity contribution in [2.24, 2.45) is 0 Å². The van der Waals surface area contributed by atoms with E-state index in [4.69, 9.17) is 11.6 Å². The molecule has 0 radical (unpaired) electrons. The number of likely N-dealkylation sites (N-methyl/N-ethyl adjacent to an activating group) is 1. The molecule has 1 atom stereocenters. The Morgan fingerprint density at radius 3 is 2.32 bits per heavy atom. The van der Waals surface area contributed by atoms with E-state index < -0.39 is 0 Å². The molecule has 1 heterocycles. The van der Waals surface area contributed by atoms with Crippen molar-refractivity contribution in [1.29, 1.82) is 0 Å². The average Bonchev–Trinajstić information content (AvgIpc) is 2.39. The lowest BCUT2D eigenvalue weighted by Crippen LogP contribution is -2.46. The van der Waals surface area contributed by atoms with E-state index >= 15 is 0 Å². The molecule has 1 saturated heterocycles. The maximum atomic E-state index is 11.9. The molecule has 0 bridgehead atoms. The van der Waals surface area contributed by atoms with Crippen molar-refractivity contribution in [1.82, 2.24) is 9.80 Å². The van der Waals surface area contributed by atoms with Crippen LogP contribution in [0.15, 0.2) is 24.3 Å². The molecular weight excluding hydrogens is 260 g/mol. The Kier molecular flexibility index (Phi) is 4.97. The Morgan fingerprint density at radius 1 is 1.21 bits per heavy atom. The first kappa shape index (κ1) is 14.5. The minimum Gasteiger partial charge on any atom is -0.304 e. The highest BCUT2D eigenvalue weighted by Gasteiger charge is 2.22. The van der Waals surface area contributed by atoms with Gasteiger partial charge in [0.1, 0.15) is 5.78 Å². The third-order valence-corrected chi connectivity index (χ3v) is 4.05. The number of carbonyl (C=O) groups is 1. The molecule has 1 unspecified atom stereocenters. The molecule has 0 aromatic heterocycles. The van der Waals surface area contributed by atoms with E-state index in [2.05, 4.69) is 16.8 Å². The Balaban J connectivity index is 2.04. The van der Waals surface area contributed by atoms with Gasteiger partial charge in [0.2, 0.25) is 0 Å². The predicted octanol–water partition coefficient (Wildman–Crippen LogP) is 2.26. The molecule has 104 valence electrons. The second kappa shape index (κ2) is 6.51. The summed E-state index contributed by atoms with van der Waals surface area (Å²) in [5.74, 6) is 0.182. The van der Waals surface area contributed by atoms with E-state index in [1.54, 1.807) is 6.92 Å². The highest BCUT2D eigenvalue weighted by molar-refractivity contribution is 6.30. The molecule has 1 aromatic carbocycles. The largest absolute Gasteiger partial charge is 0.304 e. The summed E-state index contributed by atoms with van der Waals surface area (Å²) >= 11 is 5.90. The van der Waals surface area contributed by atoms with Gasteiger partial charge in [-0.1, -0.05) is 23.7 Å². The summed E-state index contributed by atoms with van der Waals surface area (Å²) in [6.45, 7) is 6.71. The molecular formula is C15H21ClN2O. The lowest BCUT2D eigenvalue weighted by Gasteiger charge is -2.34. The second-order valence-corrected chi connectivity index (χ2v) is 5.76. The fourth-order valence-electron chi connectivity index (χ4n) is 2.45. The van der Waals surface area contributed by atoms with Crippen LogP contribution < -0.4 is 0 Å². The Labute approximate surface area is 120 Å². The van der Waals surface area contributed by atoms with Crippen molar-refractivity contribution in [3.05, 3.63) is 34.9 Å². The van der Waals surface area contributed by atoms with Crippen LogP contribution in [0.2, 0.25) is 5.02 Å². The SMILES string of the molecule is CC(=O)C(CN1CCN(C)CC1)c1ccc(Cl)cc1. The zero-order valence-corrected chi connectivity index (χ0v) is 12.4. The van der Waals surface area contributed by atoms with Crippen molar-refractivity contribution in [2.75, 3.05) is 39.8 Å². The highest BCUT2D eigenvalue weighted by atomic mass is 35.5. The van der Waals surface area contributed by atoms with Gasteiger partial charge < -0.3 is 4.90 Å². The van der Waals surface area contributed by atoms with Gasteiger partial charge in [0, 0.05) is 37.7 Å². The van der Waals surface area contributed by atoms with E-state index in [1.165, 1.54) is 0 Å². The maximum Gasteiger partial charge on any atom is 0.138 e. The summed E-state index contributed by atoms with van der Waals surface area (Å²) in [7, 11) is 2.14. The van der Waals surface area contributed by atoms with Crippen LogP contribution in [0.5, 0.6) is 0 Å². The molecule has 0 aliphatic carbocycles. The summed E-state index contributed by atoms with van der Waals surface area (Å²) in [6, 6.07) is 7.64. The minimum atomic E-state index is -0.0410. The van der Waals surface area contributed by atoms with Crippen LogP contribution in [0.4, 0.5) is 0 Å². The average molecular weight is 281 g/mol. The normalized spacial score (nSPS) is 19.3. The third-order valence-electron chi connectivity index (χ3n) is 3.80. The Morgan fingerprint density at radius 2 is 1.79 bits per heavy atom.